The number of likely N-dealkylation sites (tertiary alicyclic amines) is 1. The van der Waals surface area contributed by atoms with Crippen LogP contribution in [0.3, 0.4) is 0 Å². The fraction of sp³-hybridized carbons (Fsp3) is 0.333. The van der Waals surface area contributed by atoms with Gasteiger partial charge in [-0.25, -0.2) is 4.98 Å². The Morgan fingerprint density at radius 2 is 1.93 bits per heavy atom. The third-order valence-electron chi connectivity index (χ3n) is 4.92. The predicted molar refractivity (Wildman–Crippen MR) is 106 cm³/mol. The van der Waals surface area contributed by atoms with Gasteiger partial charge in [0, 0.05) is 44.0 Å². The molecule has 8 heteroatoms. The summed E-state index contributed by atoms with van der Waals surface area (Å²) in [4.78, 5) is 23.7. The zero-order valence-corrected chi connectivity index (χ0v) is 16.7. The second kappa shape index (κ2) is 7.90. The Bertz CT molecular complexity index is 1020. The van der Waals surface area contributed by atoms with Gasteiger partial charge < -0.3 is 14.4 Å². The number of carbonyl (C=O) groups excluding carboxylic acids is 1. The van der Waals surface area contributed by atoms with Gasteiger partial charge in [0.15, 0.2) is 0 Å². The normalized spacial score (nSPS) is 16.1. The third kappa shape index (κ3) is 4.21. The van der Waals surface area contributed by atoms with E-state index >= 15 is 0 Å². The van der Waals surface area contributed by atoms with Gasteiger partial charge in [-0.05, 0) is 37.6 Å². The highest BCUT2D eigenvalue weighted by Crippen LogP contribution is 2.29. The van der Waals surface area contributed by atoms with Crippen molar-refractivity contribution in [3.05, 3.63) is 59.8 Å². The summed E-state index contributed by atoms with van der Waals surface area (Å²) < 4.78 is 12.7. The highest BCUT2D eigenvalue weighted by Gasteiger charge is 2.30. The molecule has 0 N–H and O–H groups in total. The Kier molecular flexibility index (Phi) is 5.16. The van der Waals surface area contributed by atoms with Crippen LogP contribution in [-0.4, -0.2) is 50.8 Å². The van der Waals surface area contributed by atoms with E-state index in [0.717, 1.165) is 17.9 Å². The summed E-state index contributed by atoms with van der Waals surface area (Å²) >= 11 is 0. The molecule has 1 aliphatic rings. The van der Waals surface area contributed by atoms with Crippen LogP contribution in [0.15, 0.2) is 42.7 Å². The Morgan fingerprint density at radius 3 is 2.62 bits per heavy atom. The lowest BCUT2D eigenvalue weighted by Gasteiger charge is -2.15. The maximum Gasteiger partial charge on any atom is 0.257 e. The molecule has 1 fully saturated rings. The molecule has 150 valence electrons. The van der Waals surface area contributed by atoms with Crippen molar-refractivity contribution >= 4 is 5.91 Å². The summed E-state index contributed by atoms with van der Waals surface area (Å²) in [5, 5.41) is 4.08. The molecule has 1 unspecified atom stereocenters. The number of rotatable bonds is 5. The number of aryl methyl sites for hydroxylation is 2. The van der Waals surface area contributed by atoms with Crippen molar-refractivity contribution in [1.82, 2.24) is 24.6 Å². The first-order chi connectivity index (χ1) is 14.0. The van der Waals surface area contributed by atoms with Crippen LogP contribution in [0, 0.1) is 6.92 Å². The predicted octanol–water partition coefficient (Wildman–Crippen LogP) is 2.95. The molecule has 0 spiro atoms. The Balaban J connectivity index is 1.48. The number of methoxy groups -OCH3 is 1. The van der Waals surface area contributed by atoms with Crippen molar-refractivity contribution in [2.75, 3.05) is 20.2 Å². The van der Waals surface area contributed by atoms with Crippen LogP contribution in [0.1, 0.15) is 34.2 Å². The first kappa shape index (κ1) is 18.9. The number of benzene rings is 1. The first-order valence-electron chi connectivity index (χ1n) is 9.47. The number of aromatic nitrogens is 4. The van der Waals surface area contributed by atoms with E-state index in [1.807, 2.05) is 36.1 Å². The number of amides is 1. The quantitative estimate of drug-likeness (QED) is 0.663. The fourth-order valence-corrected chi connectivity index (χ4v) is 3.43. The zero-order valence-electron chi connectivity index (χ0n) is 16.7. The summed E-state index contributed by atoms with van der Waals surface area (Å²) in [5.41, 5.74) is 1.43. The van der Waals surface area contributed by atoms with E-state index in [1.165, 1.54) is 0 Å². The highest BCUT2D eigenvalue weighted by atomic mass is 16.5. The summed E-state index contributed by atoms with van der Waals surface area (Å²) in [6.45, 7) is 3.17. The third-order valence-corrected chi connectivity index (χ3v) is 4.92. The summed E-state index contributed by atoms with van der Waals surface area (Å²) in [7, 11) is 3.42. The minimum atomic E-state index is -0.0111. The van der Waals surface area contributed by atoms with Gasteiger partial charge in [0.05, 0.1) is 18.9 Å². The molecule has 0 saturated carbocycles. The molecule has 1 aliphatic heterocycles. The molecule has 29 heavy (non-hydrogen) atoms. The summed E-state index contributed by atoms with van der Waals surface area (Å²) in [6, 6.07) is 9.15. The second-order valence-corrected chi connectivity index (χ2v) is 7.12. The molecule has 2 aromatic heterocycles. The van der Waals surface area contributed by atoms with Gasteiger partial charge >= 0.3 is 0 Å². The molecule has 0 radical (unpaired) electrons. The average Bonchev–Trinajstić information content (AvgIpc) is 3.37. The van der Waals surface area contributed by atoms with Crippen LogP contribution in [0.25, 0.3) is 0 Å². The lowest BCUT2D eigenvalue weighted by molar-refractivity contribution is 0.0790. The molecular formula is C21H23N5O3. The molecule has 1 aromatic carbocycles. The monoisotopic (exact) mass is 393 g/mol. The topological polar surface area (TPSA) is 82.4 Å². The molecule has 0 bridgehead atoms. The van der Waals surface area contributed by atoms with Crippen molar-refractivity contribution < 1.29 is 14.3 Å². The number of hydrogen-bond acceptors (Lipinski definition) is 6. The van der Waals surface area contributed by atoms with Gasteiger partial charge in [-0.2, -0.15) is 10.1 Å². The second-order valence-electron chi connectivity index (χ2n) is 7.12. The lowest BCUT2D eigenvalue weighted by atomic mass is 10.1. The van der Waals surface area contributed by atoms with Crippen LogP contribution in [0.5, 0.6) is 17.4 Å². The molecule has 3 heterocycles. The molecule has 1 atom stereocenters. The smallest absolute Gasteiger partial charge is 0.257 e. The van der Waals surface area contributed by atoms with Crippen LogP contribution >= 0.6 is 0 Å². The van der Waals surface area contributed by atoms with E-state index in [9.17, 15) is 4.79 Å². The summed E-state index contributed by atoms with van der Waals surface area (Å²) in [6.07, 6.45) is 4.15. The van der Waals surface area contributed by atoms with Gasteiger partial charge in [0.25, 0.3) is 5.91 Å². The maximum atomic E-state index is 12.7. The minimum Gasteiger partial charge on any atom is -0.497 e. The number of nitrogens with zero attached hydrogens (tertiary/aromatic N) is 5. The molecule has 1 amide bonds. The van der Waals surface area contributed by atoms with Crippen molar-refractivity contribution in [2.24, 2.45) is 7.05 Å². The standard InChI is InChI=1S/C21H23N5O3/c1-14-10-19(29-18-6-4-17(28-3)5-7-18)24-20(23-14)15-8-9-26(13-15)21(27)16-11-22-25(2)12-16/h4-7,10-12,15H,8-9,13H2,1-3H3. The van der Waals surface area contributed by atoms with Crippen molar-refractivity contribution in [2.45, 2.75) is 19.3 Å². The molecule has 3 aromatic rings. The van der Waals surface area contributed by atoms with Crippen LogP contribution in [0.2, 0.25) is 0 Å². The van der Waals surface area contributed by atoms with E-state index in [1.54, 1.807) is 37.3 Å². The minimum absolute atomic E-state index is 0.0111. The average molecular weight is 393 g/mol. The van der Waals surface area contributed by atoms with Gasteiger partial charge in [0.1, 0.15) is 17.3 Å². The van der Waals surface area contributed by atoms with Crippen molar-refractivity contribution in [3.8, 4) is 17.4 Å². The number of carbonyl (C=O) groups is 1. The Labute approximate surface area is 169 Å². The van der Waals surface area contributed by atoms with E-state index in [4.69, 9.17) is 9.47 Å². The Hall–Kier alpha value is -3.42. The molecule has 1 saturated heterocycles. The van der Waals surface area contributed by atoms with E-state index < -0.39 is 0 Å². The van der Waals surface area contributed by atoms with Crippen LogP contribution in [-0.2, 0) is 7.05 Å². The SMILES string of the molecule is COc1ccc(Oc2cc(C)nc(C3CCN(C(=O)c4cnn(C)c4)C3)n2)cc1. The number of ether oxygens (including phenoxy) is 2. The van der Waals surface area contributed by atoms with E-state index in [0.29, 0.717) is 36.1 Å². The first-order valence-corrected chi connectivity index (χ1v) is 9.47. The maximum absolute atomic E-state index is 12.7. The van der Waals surface area contributed by atoms with Crippen LogP contribution < -0.4 is 9.47 Å². The zero-order chi connectivity index (χ0) is 20.4. The molecule has 8 nitrogen and oxygen atoms in total. The van der Waals surface area contributed by atoms with Gasteiger partial charge in [-0.3, -0.25) is 9.48 Å². The van der Waals surface area contributed by atoms with E-state index in [-0.39, 0.29) is 11.8 Å². The highest BCUT2D eigenvalue weighted by molar-refractivity contribution is 5.93. The molecule has 0 aliphatic carbocycles. The molecule has 4 rings (SSSR count). The van der Waals surface area contributed by atoms with Crippen molar-refractivity contribution in [3.63, 3.8) is 0 Å². The van der Waals surface area contributed by atoms with E-state index in [2.05, 4.69) is 15.1 Å². The van der Waals surface area contributed by atoms with Crippen molar-refractivity contribution in [1.29, 1.82) is 0 Å². The summed E-state index contributed by atoms with van der Waals surface area (Å²) in [5.74, 6) is 2.71. The van der Waals surface area contributed by atoms with Gasteiger partial charge in [-0.1, -0.05) is 0 Å². The fourth-order valence-electron chi connectivity index (χ4n) is 3.43. The van der Waals surface area contributed by atoms with Gasteiger partial charge in [-0.15, -0.1) is 0 Å². The number of hydrogen-bond donors (Lipinski definition) is 0. The largest absolute Gasteiger partial charge is 0.497 e. The van der Waals surface area contributed by atoms with Crippen LogP contribution in [0.4, 0.5) is 0 Å². The van der Waals surface area contributed by atoms with Gasteiger partial charge in [0.2, 0.25) is 5.88 Å². The molecular weight excluding hydrogens is 370 g/mol. The lowest BCUT2D eigenvalue weighted by Crippen LogP contribution is -2.28. The Morgan fingerprint density at radius 1 is 1.17 bits per heavy atom.